The molecule has 0 unspecified atom stereocenters. The van der Waals surface area contributed by atoms with Crippen LogP contribution in [0.15, 0.2) is 57.7 Å². The number of aryl methyl sites for hydroxylation is 1. The molecule has 5 rings (SSSR count). The molecule has 0 spiro atoms. The van der Waals surface area contributed by atoms with Crippen molar-refractivity contribution in [1.29, 1.82) is 0 Å². The number of anilines is 1. The fourth-order valence-electron chi connectivity index (χ4n) is 3.31. The minimum absolute atomic E-state index is 0.158. The number of hydrogen-bond acceptors (Lipinski definition) is 6. The molecule has 0 radical (unpaired) electrons. The molecule has 0 atom stereocenters. The molecule has 9 heteroatoms. The number of tetrazole rings is 1. The molecule has 1 N–H and O–H groups in total. The zero-order valence-electron chi connectivity index (χ0n) is 15.5. The van der Waals surface area contributed by atoms with Crippen molar-refractivity contribution >= 4 is 22.7 Å². The van der Waals surface area contributed by atoms with Crippen molar-refractivity contribution in [2.24, 2.45) is 0 Å². The van der Waals surface area contributed by atoms with Crippen molar-refractivity contribution in [3.05, 3.63) is 59.1 Å². The third-order valence-corrected chi connectivity index (χ3v) is 4.95. The number of oxazole rings is 1. The lowest BCUT2D eigenvalue weighted by Crippen LogP contribution is -2.19. The number of amides is 1. The fraction of sp³-hybridized carbons (Fsp3) is 0.250. The van der Waals surface area contributed by atoms with Crippen LogP contribution in [0.25, 0.3) is 22.5 Å². The van der Waals surface area contributed by atoms with E-state index in [-0.39, 0.29) is 18.9 Å². The number of carbonyl (C=O) groups excluding carboxylic acids is 1. The summed E-state index contributed by atoms with van der Waals surface area (Å²) in [5.41, 5.74) is 2.77. The van der Waals surface area contributed by atoms with Gasteiger partial charge in [-0.05, 0) is 59.7 Å². The van der Waals surface area contributed by atoms with E-state index in [1.54, 1.807) is 18.2 Å². The van der Waals surface area contributed by atoms with Crippen LogP contribution in [-0.2, 0) is 11.3 Å². The molecule has 1 aliphatic rings. The summed E-state index contributed by atoms with van der Waals surface area (Å²) in [6.45, 7) is 0.246. The molecule has 1 fully saturated rings. The number of nitrogens with zero attached hydrogens (tertiary/aromatic N) is 5. The van der Waals surface area contributed by atoms with E-state index in [1.807, 2.05) is 35.0 Å². The summed E-state index contributed by atoms with van der Waals surface area (Å²) >= 11 is 0. The Labute approximate surface area is 164 Å². The maximum atomic E-state index is 12.3. The fourth-order valence-corrected chi connectivity index (χ4v) is 3.31. The maximum Gasteiger partial charge on any atom is 0.419 e. The Hall–Kier alpha value is -3.75. The van der Waals surface area contributed by atoms with Crippen LogP contribution in [-0.4, -0.2) is 30.7 Å². The number of fused-ring (bicyclic) bond motifs is 1. The molecule has 4 aromatic rings. The van der Waals surface area contributed by atoms with Crippen LogP contribution in [0, 0.1) is 0 Å². The molecule has 2 aromatic carbocycles. The van der Waals surface area contributed by atoms with E-state index in [9.17, 15) is 9.59 Å². The van der Waals surface area contributed by atoms with E-state index >= 15 is 0 Å². The highest BCUT2D eigenvalue weighted by atomic mass is 16.4. The summed E-state index contributed by atoms with van der Waals surface area (Å²) in [5, 5.41) is 14.8. The molecule has 9 nitrogen and oxygen atoms in total. The summed E-state index contributed by atoms with van der Waals surface area (Å²) in [6, 6.07) is 15.0. The van der Waals surface area contributed by atoms with Gasteiger partial charge in [0.1, 0.15) is 0 Å². The lowest BCUT2D eigenvalue weighted by Gasteiger charge is -2.07. The predicted molar refractivity (Wildman–Crippen MR) is 105 cm³/mol. The van der Waals surface area contributed by atoms with Gasteiger partial charge in [-0.3, -0.25) is 9.36 Å². The Kier molecular flexibility index (Phi) is 4.19. The molecular formula is C20H18N6O3. The molecule has 0 bridgehead atoms. The van der Waals surface area contributed by atoms with Gasteiger partial charge in [0, 0.05) is 24.2 Å². The van der Waals surface area contributed by atoms with Gasteiger partial charge >= 0.3 is 5.76 Å². The summed E-state index contributed by atoms with van der Waals surface area (Å²) < 4.78 is 8.50. The second-order valence-electron chi connectivity index (χ2n) is 7.04. The number of rotatable bonds is 6. The van der Waals surface area contributed by atoms with E-state index in [2.05, 4.69) is 20.8 Å². The average molecular weight is 390 g/mol. The van der Waals surface area contributed by atoms with E-state index in [4.69, 9.17) is 4.42 Å². The van der Waals surface area contributed by atoms with Crippen LogP contribution in [0.3, 0.4) is 0 Å². The molecule has 1 saturated carbocycles. The van der Waals surface area contributed by atoms with Gasteiger partial charge < -0.3 is 9.73 Å². The Morgan fingerprint density at radius 2 is 1.93 bits per heavy atom. The lowest BCUT2D eigenvalue weighted by atomic mass is 10.2. The van der Waals surface area contributed by atoms with Gasteiger partial charge in [0.2, 0.25) is 5.91 Å². The van der Waals surface area contributed by atoms with Crippen LogP contribution in [0.5, 0.6) is 0 Å². The number of carbonyl (C=O) groups is 1. The highest BCUT2D eigenvalue weighted by Crippen LogP contribution is 2.36. The maximum absolute atomic E-state index is 12.3. The molecule has 146 valence electrons. The molecule has 2 aromatic heterocycles. The zero-order chi connectivity index (χ0) is 19.8. The van der Waals surface area contributed by atoms with E-state index in [0.29, 0.717) is 22.8 Å². The quantitative estimate of drug-likeness (QED) is 0.542. The number of aromatic nitrogens is 5. The van der Waals surface area contributed by atoms with Crippen molar-refractivity contribution in [1.82, 2.24) is 24.8 Å². The first-order valence-electron chi connectivity index (χ1n) is 9.45. The average Bonchev–Trinajstić information content (AvgIpc) is 3.36. The summed E-state index contributed by atoms with van der Waals surface area (Å²) in [5.74, 6) is 0.0890. The number of para-hydroxylation sites is 2. The van der Waals surface area contributed by atoms with Crippen LogP contribution in [0.2, 0.25) is 0 Å². The topological polar surface area (TPSA) is 108 Å². The Morgan fingerprint density at radius 3 is 2.72 bits per heavy atom. The van der Waals surface area contributed by atoms with Crippen molar-refractivity contribution in [3.63, 3.8) is 0 Å². The molecule has 0 aliphatic heterocycles. The Bertz CT molecular complexity index is 1230. The predicted octanol–water partition coefficient (Wildman–Crippen LogP) is 2.61. The molecule has 1 amide bonds. The zero-order valence-corrected chi connectivity index (χ0v) is 15.5. The van der Waals surface area contributed by atoms with Crippen LogP contribution >= 0.6 is 0 Å². The SMILES string of the molecule is O=C(CCn1c(=O)oc2ccccc21)Nc1ccc(-c2nnnn2C2CC2)cc1. The monoisotopic (exact) mass is 390 g/mol. The van der Waals surface area contributed by atoms with Crippen molar-refractivity contribution in [3.8, 4) is 11.4 Å². The molecule has 1 aliphatic carbocycles. The van der Waals surface area contributed by atoms with E-state index in [1.165, 1.54) is 4.57 Å². The van der Waals surface area contributed by atoms with E-state index in [0.717, 1.165) is 24.2 Å². The van der Waals surface area contributed by atoms with Crippen LogP contribution in [0.4, 0.5) is 5.69 Å². The standard InChI is InChI=1S/C20H18N6O3/c27-18(11-12-25-16-3-1-2-4-17(16)29-20(25)28)21-14-7-5-13(6-8-14)19-22-23-24-26(19)15-9-10-15/h1-8,15H,9-12H2,(H,21,27). The van der Waals surface area contributed by atoms with E-state index < -0.39 is 5.76 Å². The second kappa shape index (κ2) is 7.01. The first-order chi connectivity index (χ1) is 14.2. The third kappa shape index (κ3) is 3.42. The lowest BCUT2D eigenvalue weighted by molar-refractivity contribution is -0.116. The number of nitrogens with one attached hydrogen (secondary N) is 1. The van der Waals surface area contributed by atoms with Gasteiger partial charge in [0.25, 0.3) is 0 Å². The molecule has 29 heavy (non-hydrogen) atoms. The van der Waals surface area contributed by atoms with Crippen molar-refractivity contribution < 1.29 is 9.21 Å². The van der Waals surface area contributed by atoms with Gasteiger partial charge in [0.15, 0.2) is 11.4 Å². The smallest absolute Gasteiger partial charge is 0.408 e. The molecule has 0 saturated heterocycles. The normalized spacial score (nSPS) is 13.7. The first kappa shape index (κ1) is 17.4. The second-order valence-corrected chi connectivity index (χ2v) is 7.04. The van der Waals surface area contributed by atoms with Gasteiger partial charge in [0.05, 0.1) is 11.6 Å². The van der Waals surface area contributed by atoms with Crippen molar-refractivity contribution in [2.75, 3.05) is 5.32 Å². The number of benzene rings is 2. The third-order valence-electron chi connectivity index (χ3n) is 4.95. The largest absolute Gasteiger partial charge is 0.419 e. The van der Waals surface area contributed by atoms with Gasteiger partial charge in [-0.15, -0.1) is 5.10 Å². The summed E-state index contributed by atoms with van der Waals surface area (Å²) in [7, 11) is 0. The highest BCUT2D eigenvalue weighted by Gasteiger charge is 2.28. The molecular weight excluding hydrogens is 372 g/mol. The van der Waals surface area contributed by atoms with Crippen LogP contribution < -0.4 is 11.1 Å². The first-order valence-corrected chi connectivity index (χ1v) is 9.45. The summed E-state index contributed by atoms with van der Waals surface area (Å²) in [4.78, 5) is 24.3. The minimum atomic E-state index is -0.461. The Morgan fingerprint density at radius 1 is 1.14 bits per heavy atom. The number of hydrogen-bond donors (Lipinski definition) is 1. The van der Waals surface area contributed by atoms with Gasteiger partial charge in [-0.1, -0.05) is 12.1 Å². The van der Waals surface area contributed by atoms with Crippen LogP contribution in [0.1, 0.15) is 25.3 Å². The van der Waals surface area contributed by atoms with Gasteiger partial charge in [-0.25, -0.2) is 9.48 Å². The minimum Gasteiger partial charge on any atom is -0.408 e. The van der Waals surface area contributed by atoms with Crippen molar-refractivity contribution in [2.45, 2.75) is 31.8 Å². The Balaban J connectivity index is 1.24. The summed E-state index contributed by atoms with van der Waals surface area (Å²) in [6.07, 6.45) is 2.35. The van der Waals surface area contributed by atoms with Gasteiger partial charge in [-0.2, -0.15) is 0 Å². The highest BCUT2D eigenvalue weighted by molar-refractivity contribution is 5.91. The molecule has 2 heterocycles.